The molecule has 82 valence electrons. The number of nitrogens with zero attached hydrogens (tertiary/aromatic N) is 2. The second-order valence-corrected chi connectivity index (χ2v) is 3.36. The predicted molar refractivity (Wildman–Crippen MR) is 59.2 cm³/mol. The molecule has 0 aliphatic heterocycles. The number of carbonyl (C=O) groups is 1. The maximum Gasteiger partial charge on any atom is 0.325 e. The summed E-state index contributed by atoms with van der Waals surface area (Å²) in [5.74, 6) is 0.431. The molecule has 0 aliphatic carbocycles. The second-order valence-electron chi connectivity index (χ2n) is 2.92. The van der Waals surface area contributed by atoms with Crippen molar-refractivity contribution in [3.8, 4) is 0 Å². The van der Waals surface area contributed by atoms with Crippen LogP contribution in [-0.2, 0) is 9.53 Å². The van der Waals surface area contributed by atoms with Gasteiger partial charge in [-0.2, -0.15) is 0 Å². The summed E-state index contributed by atoms with van der Waals surface area (Å²) in [7, 11) is 1.37. The third kappa shape index (κ3) is 3.40. The van der Waals surface area contributed by atoms with Crippen LogP contribution in [0.15, 0.2) is 18.3 Å². The average Bonchev–Trinajstić information content (AvgIpc) is 2.27. The molecular formula is C10H13ClN2O2. The number of esters is 1. The molecule has 0 fully saturated rings. The van der Waals surface area contributed by atoms with E-state index in [1.54, 1.807) is 18.3 Å². The molecule has 0 bridgehead atoms. The Bertz CT molecular complexity index is 327. The van der Waals surface area contributed by atoms with Crippen molar-refractivity contribution in [2.24, 2.45) is 0 Å². The monoisotopic (exact) mass is 228 g/mol. The van der Waals surface area contributed by atoms with Crippen molar-refractivity contribution >= 4 is 23.4 Å². The van der Waals surface area contributed by atoms with Gasteiger partial charge in [-0.05, 0) is 19.1 Å². The van der Waals surface area contributed by atoms with E-state index in [-0.39, 0.29) is 12.5 Å². The average molecular weight is 229 g/mol. The Balaban J connectivity index is 2.74. The smallest absolute Gasteiger partial charge is 0.325 e. The molecule has 0 atom stereocenters. The maximum atomic E-state index is 11.1. The largest absolute Gasteiger partial charge is 0.468 e. The molecule has 0 spiro atoms. The van der Waals surface area contributed by atoms with Gasteiger partial charge < -0.3 is 9.64 Å². The second kappa shape index (κ2) is 5.56. The van der Waals surface area contributed by atoms with E-state index in [0.717, 1.165) is 0 Å². The molecule has 1 aromatic heterocycles. The number of ether oxygens (including phenoxy) is 1. The van der Waals surface area contributed by atoms with Crippen LogP contribution >= 0.6 is 11.6 Å². The zero-order valence-corrected chi connectivity index (χ0v) is 9.49. The van der Waals surface area contributed by atoms with Gasteiger partial charge in [-0.1, -0.05) is 11.6 Å². The molecule has 1 aromatic rings. The van der Waals surface area contributed by atoms with Crippen LogP contribution in [0.3, 0.4) is 0 Å². The first-order valence-electron chi connectivity index (χ1n) is 4.60. The van der Waals surface area contributed by atoms with E-state index >= 15 is 0 Å². The SMILES string of the molecule is CCN(CC(=O)OC)c1ccc(Cl)cn1. The number of aromatic nitrogens is 1. The molecule has 15 heavy (non-hydrogen) atoms. The molecule has 0 amide bonds. The van der Waals surface area contributed by atoms with Crippen molar-refractivity contribution in [2.45, 2.75) is 6.92 Å². The van der Waals surface area contributed by atoms with Crippen LogP contribution < -0.4 is 4.90 Å². The normalized spacial score (nSPS) is 9.80. The van der Waals surface area contributed by atoms with Gasteiger partial charge >= 0.3 is 5.97 Å². The Morgan fingerprint density at radius 3 is 2.80 bits per heavy atom. The first kappa shape index (κ1) is 11.8. The highest BCUT2D eigenvalue weighted by Gasteiger charge is 2.10. The zero-order chi connectivity index (χ0) is 11.3. The van der Waals surface area contributed by atoms with Crippen molar-refractivity contribution in [3.05, 3.63) is 23.4 Å². The van der Waals surface area contributed by atoms with Gasteiger partial charge in [0.1, 0.15) is 12.4 Å². The highest BCUT2D eigenvalue weighted by atomic mass is 35.5. The van der Waals surface area contributed by atoms with E-state index in [0.29, 0.717) is 17.4 Å². The summed E-state index contributed by atoms with van der Waals surface area (Å²) in [4.78, 5) is 17.0. The minimum absolute atomic E-state index is 0.196. The Labute approximate surface area is 93.8 Å². The van der Waals surface area contributed by atoms with Crippen LogP contribution in [0.5, 0.6) is 0 Å². The van der Waals surface area contributed by atoms with Gasteiger partial charge in [-0.15, -0.1) is 0 Å². The van der Waals surface area contributed by atoms with Crippen LogP contribution in [0.4, 0.5) is 5.82 Å². The number of pyridine rings is 1. The summed E-state index contributed by atoms with van der Waals surface area (Å²) in [5.41, 5.74) is 0. The molecule has 4 nitrogen and oxygen atoms in total. The standard InChI is InChI=1S/C10H13ClN2O2/c1-3-13(7-10(14)15-2)9-5-4-8(11)6-12-9/h4-6H,3,7H2,1-2H3. The van der Waals surface area contributed by atoms with Crippen LogP contribution in [0, 0.1) is 0 Å². The molecule has 5 heteroatoms. The summed E-state index contributed by atoms with van der Waals surface area (Å²) < 4.78 is 4.59. The number of hydrogen-bond acceptors (Lipinski definition) is 4. The first-order chi connectivity index (χ1) is 7.17. The molecule has 0 saturated heterocycles. The van der Waals surface area contributed by atoms with E-state index in [1.807, 2.05) is 11.8 Å². The number of halogens is 1. The number of hydrogen-bond donors (Lipinski definition) is 0. The third-order valence-electron chi connectivity index (χ3n) is 1.97. The number of anilines is 1. The van der Waals surface area contributed by atoms with Gasteiger partial charge in [-0.25, -0.2) is 4.98 Å². The summed E-state index contributed by atoms with van der Waals surface area (Å²) in [6, 6.07) is 3.51. The lowest BCUT2D eigenvalue weighted by atomic mass is 10.4. The van der Waals surface area contributed by atoms with E-state index in [2.05, 4.69) is 9.72 Å². The topological polar surface area (TPSA) is 42.4 Å². The molecule has 0 aromatic carbocycles. The molecule has 0 unspecified atom stereocenters. The van der Waals surface area contributed by atoms with Crippen LogP contribution in [0.25, 0.3) is 0 Å². The molecule has 1 heterocycles. The van der Waals surface area contributed by atoms with Gasteiger partial charge in [0.15, 0.2) is 0 Å². The predicted octanol–water partition coefficient (Wildman–Crippen LogP) is 1.73. The molecule has 0 N–H and O–H groups in total. The highest BCUT2D eigenvalue weighted by Crippen LogP contribution is 2.13. The minimum Gasteiger partial charge on any atom is -0.468 e. The number of likely N-dealkylation sites (N-methyl/N-ethyl adjacent to an activating group) is 1. The summed E-state index contributed by atoms with van der Waals surface area (Å²) >= 11 is 5.72. The van der Waals surface area contributed by atoms with Crippen molar-refractivity contribution in [1.82, 2.24) is 4.98 Å². The van der Waals surface area contributed by atoms with Gasteiger partial charge in [-0.3, -0.25) is 4.79 Å². The van der Waals surface area contributed by atoms with E-state index in [9.17, 15) is 4.79 Å². The minimum atomic E-state index is -0.284. The van der Waals surface area contributed by atoms with Crippen LogP contribution in [0.1, 0.15) is 6.92 Å². The fourth-order valence-corrected chi connectivity index (χ4v) is 1.24. The lowest BCUT2D eigenvalue weighted by molar-refractivity contribution is -0.138. The molecule has 0 saturated carbocycles. The van der Waals surface area contributed by atoms with Gasteiger partial charge in [0.25, 0.3) is 0 Å². The van der Waals surface area contributed by atoms with E-state index in [4.69, 9.17) is 11.6 Å². The fraction of sp³-hybridized carbons (Fsp3) is 0.400. The highest BCUT2D eigenvalue weighted by molar-refractivity contribution is 6.30. The summed E-state index contributed by atoms with van der Waals surface area (Å²) in [6.45, 7) is 2.82. The summed E-state index contributed by atoms with van der Waals surface area (Å²) in [5, 5.41) is 0.577. The lowest BCUT2D eigenvalue weighted by Crippen LogP contribution is -2.30. The molecule has 0 aliphatic rings. The molecular weight excluding hydrogens is 216 g/mol. The Hall–Kier alpha value is -1.29. The fourth-order valence-electron chi connectivity index (χ4n) is 1.13. The van der Waals surface area contributed by atoms with E-state index < -0.39 is 0 Å². The lowest BCUT2D eigenvalue weighted by Gasteiger charge is -2.20. The van der Waals surface area contributed by atoms with Crippen molar-refractivity contribution in [2.75, 3.05) is 25.1 Å². The Morgan fingerprint density at radius 1 is 1.60 bits per heavy atom. The first-order valence-corrected chi connectivity index (χ1v) is 4.98. The maximum absolute atomic E-state index is 11.1. The van der Waals surface area contributed by atoms with Gasteiger partial charge in [0, 0.05) is 12.7 Å². The van der Waals surface area contributed by atoms with Crippen molar-refractivity contribution in [1.29, 1.82) is 0 Å². The summed E-state index contributed by atoms with van der Waals surface area (Å²) in [6.07, 6.45) is 1.55. The third-order valence-corrected chi connectivity index (χ3v) is 2.19. The Morgan fingerprint density at radius 2 is 2.33 bits per heavy atom. The number of carbonyl (C=O) groups excluding carboxylic acids is 1. The van der Waals surface area contributed by atoms with Crippen LogP contribution in [-0.4, -0.2) is 31.2 Å². The quantitative estimate of drug-likeness (QED) is 0.737. The zero-order valence-electron chi connectivity index (χ0n) is 8.74. The van der Waals surface area contributed by atoms with Gasteiger partial charge in [0.2, 0.25) is 0 Å². The number of methoxy groups -OCH3 is 1. The molecule has 1 rings (SSSR count). The molecule has 0 radical (unpaired) electrons. The van der Waals surface area contributed by atoms with Gasteiger partial charge in [0.05, 0.1) is 12.1 Å². The van der Waals surface area contributed by atoms with E-state index in [1.165, 1.54) is 7.11 Å². The van der Waals surface area contributed by atoms with Crippen molar-refractivity contribution < 1.29 is 9.53 Å². The van der Waals surface area contributed by atoms with Crippen molar-refractivity contribution in [3.63, 3.8) is 0 Å². The van der Waals surface area contributed by atoms with Crippen LogP contribution in [0.2, 0.25) is 5.02 Å². The Kier molecular flexibility index (Phi) is 4.37. The number of rotatable bonds is 4.